The second-order valence-electron chi connectivity index (χ2n) is 7.43. The largest absolute Gasteiger partial charge is 0.471 e. The average molecular weight is 435 g/mol. The van der Waals surface area contributed by atoms with E-state index in [1.165, 1.54) is 0 Å². The minimum absolute atomic E-state index is 0.249. The summed E-state index contributed by atoms with van der Waals surface area (Å²) in [5, 5.41) is 11.9. The van der Waals surface area contributed by atoms with Crippen LogP contribution >= 0.6 is 11.6 Å². The molecule has 2 aliphatic rings. The molecule has 2 unspecified atom stereocenters. The van der Waals surface area contributed by atoms with Crippen molar-refractivity contribution in [1.29, 1.82) is 5.26 Å². The van der Waals surface area contributed by atoms with Crippen LogP contribution in [-0.4, -0.2) is 31.7 Å². The molecule has 1 fully saturated rings. The van der Waals surface area contributed by atoms with Crippen molar-refractivity contribution >= 4 is 34.6 Å². The number of piperidine rings is 1. The van der Waals surface area contributed by atoms with Gasteiger partial charge in [-0.15, -0.1) is 0 Å². The smallest absolute Gasteiger partial charge is 0.363 e. The number of fused-ring (bicyclic) bond motifs is 5. The van der Waals surface area contributed by atoms with E-state index < -0.39 is 18.1 Å². The van der Waals surface area contributed by atoms with Crippen LogP contribution in [0.5, 0.6) is 0 Å². The van der Waals surface area contributed by atoms with Crippen molar-refractivity contribution in [3.63, 3.8) is 0 Å². The number of rotatable bonds is 1. The minimum Gasteiger partial charge on any atom is -0.363 e. The number of carbonyl (C=O) groups is 1. The Kier molecular flexibility index (Phi) is 5.02. The van der Waals surface area contributed by atoms with Crippen molar-refractivity contribution in [2.75, 3.05) is 23.4 Å². The summed E-state index contributed by atoms with van der Waals surface area (Å²) >= 11 is 6.57. The fourth-order valence-corrected chi connectivity index (χ4v) is 4.66. The Labute approximate surface area is 176 Å². The first kappa shape index (κ1) is 20.4. The van der Waals surface area contributed by atoms with Crippen LogP contribution in [0.3, 0.4) is 0 Å². The Morgan fingerprint density at radius 3 is 2.67 bits per heavy atom. The van der Waals surface area contributed by atoms with E-state index in [9.17, 15) is 23.2 Å². The van der Waals surface area contributed by atoms with Crippen molar-refractivity contribution in [2.24, 2.45) is 0 Å². The number of benzene rings is 2. The van der Waals surface area contributed by atoms with E-state index in [4.69, 9.17) is 11.6 Å². The van der Waals surface area contributed by atoms with Gasteiger partial charge < -0.3 is 15.1 Å². The molecule has 2 aromatic carbocycles. The molecule has 30 heavy (non-hydrogen) atoms. The molecule has 1 amide bonds. The Hall–Kier alpha value is -2.92. The first-order chi connectivity index (χ1) is 14.2. The van der Waals surface area contributed by atoms with Crippen LogP contribution in [-0.2, 0) is 4.79 Å². The standard InChI is InChI=1S/C21H18ClF3N4O/c1-28-15-5-3-2-4-14(15)17-10-13(27-20(30)21(23,24)25)8-9-29(17)16-7-6-12(11-26)18(22)19(16)28/h2-7,13,17H,8-10H2,1H3,(H,27,30). The Morgan fingerprint density at radius 1 is 1.23 bits per heavy atom. The van der Waals surface area contributed by atoms with E-state index in [0.29, 0.717) is 35.7 Å². The van der Waals surface area contributed by atoms with Gasteiger partial charge in [0.05, 0.1) is 28.0 Å². The number of carbonyl (C=O) groups excluding carboxylic acids is 1. The van der Waals surface area contributed by atoms with Crippen LogP contribution in [0.4, 0.5) is 30.2 Å². The summed E-state index contributed by atoms with van der Waals surface area (Å²) in [6.45, 7) is 0.435. The van der Waals surface area contributed by atoms with E-state index >= 15 is 0 Å². The highest BCUT2D eigenvalue weighted by Crippen LogP contribution is 2.50. The van der Waals surface area contributed by atoms with Crippen LogP contribution in [0.1, 0.15) is 30.0 Å². The molecule has 2 heterocycles. The van der Waals surface area contributed by atoms with E-state index in [0.717, 1.165) is 16.9 Å². The summed E-state index contributed by atoms with van der Waals surface area (Å²) < 4.78 is 38.2. The summed E-state index contributed by atoms with van der Waals surface area (Å²) in [5.41, 5.74) is 3.63. The summed E-state index contributed by atoms with van der Waals surface area (Å²) in [7, 11) is 1.85. The van der Waals surface area contributed by atoms with Gasteiger partial charge in [-0.1, -0.05) is 29.8 Å². The normalized spacial score (nSPS) is 20.4. The van der Waals surface area contributed by atoms with Crippen molar-refractivity contribution < 1.29 is 18.0 Å². The first-order valence-corrected chi connectivity index (χ1v) is 9.79. The van der Waals surface area contributed by atoms with Crippen molar-refractivity contribution in [1.82, 2.24) is 5.32 Å². The SMILES string of the molecule is CN1c2ccccc2C2CC(NC(=O)C(F)(F)F)CCN2c2ccc(C#N)c(Cl)c21. The summed E-state index contributed by atoms with van der Waals surface area (Å²) in [6.07, 6.45) is -4.22. The molecule has 156 valence electrons. The summed E-state index contributed by atoms with van der Waals surface area (Å²) in [5.74, 6) is -1.91. The maximum atomic E-state index is 12.7. The zero-order valence-electron chi connectivity index (χ0n) is 16.0. The molecule has 1 N–H and O–H groups in total. The Morgan fingerprint density at radius 2 is 1.97 bits per heavy atom. The van der Waals surface area contributed by atoms with E-state index in [1.54, 1.807) is 6.07 Å². The molecule has 0 spiro atoms. The molecule has 2 aromatic rings. The van der Waals surface area contributed by atoms with Crippen molar-refractivity contribution in [2.45, 2.75) is 31.1 Å². The number of nitrogens with one attached hydrogen (secondary N) is 1. The van der Waals surface area contributed by atoms with Gasteiger partial charge in [0.25, 0.3) is 0 Å². The second-order valence-corrected chi connectivity index (χ2v) is 7.80. The van der Waals surface area contributed by atoms with Crippen molar-refractivity contribution in [3.05, 3.63) is 52.5 Å². The number of para-hydroxylation sites is 1. The topological polar surface area (TPSA) is 59.4 Å². The number of nitriles is 1. The third-order valence-corrected chi connectivity index (χ3v) is 6.10. The highest BCUT2D eigenvalue weighted by molar-refractivity contribution is 6.35. The summed E-state index contributed by atoms with van der Waals surface area (Å²) in [4.78, 5) is 15.5. The first-order valence-electron chi connectivity index (χ1n) is 9.42. The molecule has 0 radical (unpaired) electrons. The maximum absolute atomic E-state index is 12.7. The van der Waals surface area contributed by atoms with Gasteiger partial charge in [-0.3, -0.25) is 4.79 Å². The van der Waals surface area contributed by atoms with Gasteiger partial charge in [0.15, 0.2) is 0 Å². The van der Waals surface area contributed by atoms with Crippen LogP contribution in [0.2, 0.25) is 5.02 Å². The van der Waals surface area contributed by atoms with Crippen LogP contribution in [0, 0.1) is 11.3 Å². The number of halogens is 4. The zero-order chi connectivity index (χ0) is 21.6. The van der Waals surface area contributed by atoms with Crippen molar-refractivity contribution in [3.8, 4) is 6.07 Å². The van der Waals surface area contributed by atoms with Gasteiger partial charge in [0.1, 0.15) is 6.07 Å². The number of hydrogen-bond donors (Lipinski definition) is 1. The molecule has 5 nitrogen and oxygen atoms in total. The number of anilines is 3. The predicted molar refractivity (Wildman–Crippen MR) is 108 cm³/mol. The predicted octanol–water partition coefficient (Wildman–Crippen LogP) is 4.68. The van der Waals surface area contributed by atoms with Crippen LogP contribution in [0.25, 0.3) is 0 Å². The molecular weight excluding hydrogens is 417 g/mol. The number of alkyl halides is 3. The summed E-state index contributed by atoms with van der Waals surface area (Å²) in [6, 6.07) is 12.3. The van der Waals surface area contributed by atoms with Gasteiger partial charge in [0, 0.05) is 25.3 Å². The van der Waals surface area contributed by atoms with Gasteiger partial charge in [-0.25, -0.2) is 0 Å². The lowest BCUT2D eigenvalue weighted by atomic mass is 9.90. The quantitative estimate of drug-likeness (QED) is 0.708. The molecule has 0 aromatic heterocycles. The highest BCUT2D eigenvalue weighted by atomic mass is 35.5. The minimum atomic E-state index is -4.91. The maximum Gasteiger partial charge on any atom is 0.471 e. The molecule has 1 saturated heterocycles. The number of nitrogens with zero attached hydrogens (tertiary/aromatic N) is 3. The van der Waals surface area contributed by atoms with Gasteiger partial charge >= 0.3 is 12.1 Å². The van der Waals surface area contributed by atoms with Crippen LogP contribution < -0.4 is 15.1 Å². The fraction of sp³-hybridized carbons (Fsp3) is 0.333. The van der Waals surface area contributed by atoms with E-state index in [-0.39, 0.29) is 6.04 Å². The average Bonchev–Trinajstić information content (AvgIpc) is 2.82. The molecule has 4 rings (SSSR count). The molecular formula is C21H18ClF3N4O. The Balaban J connectivity index is 1.79. The lowest BCUT2D eigenvalue weighted by Crippen LogP contribution is -2.49. The van der Waals surface area contributed by atoms with Gasteiger partial charge in [0.2, 0.25) is 0 Å². The van der Waals surface area contributed by atoms with Gasteiger partial charge in [-0.2, -0.15) is 18.4 Å². The third kappa shape index (κ3) is 3.33. The van der Waals surface area contributed by atoms with E-state index in [1.807, 2.05) is 42.3 Å². The number of hydrogen-bond acceptors (Lipinski definition) is 4. The number of amides is 1. The van der Waals surface area contributed by atoms with Gasteiger partial charge in [-0.05, 0) is 36.6 Å². The fourth-order valence-electron chi connectivity index (χ4n) is 4.33. The molecule has 2 aliphatic heterocycles. The second kappa shape index (κ2) is 7.40. The lowest BCUT2D eigenvalue weighted by Gasteiger charge is -2.41. The molecule has 9 heteroatoms. The van der Waals surface area contributed by atoms with E-state index in [2.05, 4.69) is 16.3 Å². The van der Waals surface area contributed by atoms with Crippen LogP contribution in [0.15, 0.2) is 36.4 Å². The molecule has 2 atom stereocenters. The molecule has 0 saturated carbocycles. The molecule has 0 aliphatic carbocycles. The monoisotopic (exact) mass is 434 g/mol. The third-order valence-electron chi connectivity index (χ3n) is 5.71. The molecule has 0 bridgehead atoms. The Bertz CT molecular complexity index is 1050. The lowest BCUT2D eigenvalue weighted by molar-refractivity contribution is -0.174. The zero-order valence-corrected chi connectivity index (χ0v) is 16.8. The highest BCUT2D eigenvalue weighted by Gasteiger charge is 2.42.